The molecule has 26 heavy (non-hydrogen) atoms. The summed E-state index contributed by atoms with van der Waals surface area (Å²) in [6.07, 6.45) is 1.32. The van der Waals surface area contributed by atoms with Gasteiger partial charge in [0, 0.05) is 18.6 Å². The van der Waals surface area contributed by atoms with Gasteiger partial charge in [-0.1, -0.05) is 18.2 Å². The number of nitrogens with zero attached hydrogens (tertiary/aromatic N) is 2. The van der Waals surface area contributed by atoms with Crippen LogP contribution in [0.4, 0.5) is 11.4 Å². The van der Waals surface area contributed by atoms with E-state index in [2.05, 4.69) is 9.71 Å². The Morgan fingerprint density at radius 3 is 2.81 bits per heavy atom. The lowest BCUT2D eigenvalue weighted by molar-refractivity contribution is -0.120. The SMILES string of the molecule is CN1C(=O)COc2ccc(NS(=O)(=O)c3cnc4ccccc4c3)cc21. The summed E-state index contributed by atoms with van der Waals surface area (Å²) < 4.78 is 33.3. The van der Waals surface area contributed by atoms with E-state index >= 15 is 0 Å². The molecule has 0 aliphatic carbocycles. The lowest BCUT2D eigenvalue weighted by atomic mass is 10.2. The fourth-order valence-corrected chi connectivity index (χ4v) is 3.78. The van der Waals surface area contributed by atoms with Crippen molar-refractivity contribution >= 4 is 38.2 Å². The first kappa shape index (κ1) is 16.3. The van der Waals surface area contributed by atoms with E-state index in [9.17, 15) is 13.2 Å². The standard InChI is InChI=1S/C18H15N3O4S/c1-21-16-9-13(6-7-17(16)25-11-18(21)22)20-26(23,24)14-8-12-4-2-3-5-15(12)19-10-14/h2-10,20H,11H2,1H3. The first-order valence-corrected chi connectivity index (χ1v) is 9.33. The molecule has 1 aromatic heterocycles. The Morgan fingerprint density at radius 2 is 1.96 bits per heavy atom. The highest BCUT2D eigenvalue weighted by Gasteiger charge is 2.23. The molecule has 0 atom stereocenters. The lowest BCUT2D eigenvalue weighted by Crippen LogP contribution is -2.35. The molecule has 2 aromatic carbocycles. The van der Waals surface area contributed by atoms with Gasteiger partial charge in [0.2, 0.25) is 0 Å². The van der Waals surface area contributed by atoms with E-state index in [1.54, 1.807) is 37.4 Å². The van der Waals surface area contributed by atoms with Crippen LogP contribution in [-0.4, -0.2) is 33.0 Å². The van der Waals surface area contributed by atoms with Gasteiger partial charge in [0.25, 0.3) is 15.9 Å². The Labute approximate surface area is 150 Å². The molecular formula is C18H15N3O4S. The number of benzene rings is 2. The number of ether oxygens (including phenoxy) is 1. The summed E-state index contributed by atoms with van der Waals surface area (Å²) in [7, 11) is -2.20. The van der Waals surface area contributed by atoms with E-state index in [1.807, 2.05) is 18.2 Å². The third-order valence-electron chi connectivity index (χ3n) is 4.17. The minimum Gasteiger partial charge on any atom is -0.482 e. The quantitative estimate of drug-likeness (QED) is 0.766. The summed E-state index contributed by atoms with van der Waals surface area (Å²) >= 11 is 0. The summed E-state index contributed by atoms with van der Waals surface area (Å²) in [6.45, 7) is -0.0304. The number of hydrogen-bond donors (Lipinski definition) is 1. The monoisotopic (exact) mass is 369 g/mol. The highest BCUT2D eigenvalue weighted by atomic mass is 32.2. The summed E-state index contributed by atoms with van der Waals surface area (Å²) in [6, 6.07) is 13.6. The van der Waals surface area contributed by atoms with E-state index in [4.69, 9.17) is 4.74 Å². The number of rotatable bonds is 3. The fraction of sp³-hybridized carbons (Fsp3) is 0.111. The minimum absolute atomic E-state index is 0.0304. The second-order valence-electron chi connectivity index (χ2n) is 5.89. The number of pyridine rings is 1. The third kappa shape index (κ3) is 2.84. The van der Waals surface area contributed by atoms with Gasteiger partial charge in [-0.15, -0.1) is 0 Å². The van der Waals surface area contributed by atoms with Crippen molar-refractivity contribution in [3.63, 3.8) is 0 Å². The van der Waals surface area contributed by atoms with Crippen molar-refractivity contribution in [1.82, 2.24) is 4.98 Å². The van der Waals surface area contributed by atoms with Gasteiger partial charge < -0.3 is 9.64 Å². The molecule has 132 valence electrons. The number of nitrogens with one attached hydrogen (secondary N) is 1. The maximum Gasteiger partial charge on any atom is 0.264 e. The molecule has 0 saturated heterocycles. The van der Waals surface area contributed by atoms with E-state index in [0.717, 1.165) is 10.9 Å². The number of fused-ring (bicyclic) bond motifs is 2. The van der Waals surface area contributed by atoms with Crippen molar-refractivity contribution in [2.75, 3.05) is 23.3 Å². The van der Waals surface area contributed by atoms with Gasteiger partial charge >= 0.3 is 0 Å². The van der Waals surface area contributed by atoms with Gasteiger partial charge in [-0.05, 0) is 30.3 Å². The number of hydrogen-bond acceptors (Lipinski definition) is 5. The maximum absolute atomic E-state index is 12.7. The van der Waals surface area contributed by atoms with Crippen LogP contribution in [0, 0.1) is 0 Å². The predicted molar refractivity (Wildman–Crippen MR) is 97.9 cm³/mol. The second-order valence-corrected chi connectivity index (χ2v) is 7.58. The Morgan fingerprint density at radius 1 is 1.15 bits per heavy atom. The molecule has 2 heterocycles. The normalized spacial score (nSPS) is 14.0. The minimum atomic E-state index is -3.82. The highest BCUT2D eigenvalue weighted by molar-refractivity contribution is 7.92. The van der Waals surface area contributed by atoms with Crippen LogP contribution in [0.3, 0.4) is 0 Å². The van der Waals surface area contributed by atoms with Crippen LogP contribution < -0.4 is 14.4 Å². The number of likely N-dealkylation sites (N-methyl/N-ethyl adjacent to an activating group) is 1. The van der Waals surface area contributed by atoms with Crippen LogP contribution in [-0.2, 0) is 14.8 Å². The van der Waals surface area contributed by atoms with Gasteiger partial charge in [0.1, 0.15) is 10.6 Å². The van der Waals surface area contributed by atoms with Crippen molar-refractivity contribution in [3.05, 3.63) is 54.7 Å². The smallest absolute Gasteiger partial charge is 0.264 e. The second kappa shape index (κ2) is 5.99. The summed E-state index contributed by atoms with van der Waals surface area (Å²) in [5, 5.41) is 0.736. The molecule has 0 radical (unpaired) electrons. The Kier molecular flexibility index (Phi) is 3.77. The number of anilines is 2. The highest BCUT2D eigenvalue weighted by Crippen LogP contribution is 2.34. The number of sulfonamides is 1. The van der Waals surface area contributed by atoms with Crippen LogP contribution >= 0.6 is 0 Å². The van der Waals surface area contributed by atoms with Crippen molar-refractivity contribution in [1.29, 1.82) is 0 Å². The van der Waals surface area contributed by atoms with Crippen LogP contribution in [0.5, 0.6) is 5.75 Å². The number of carbonyl (C=O) groups excluding carboxylic acids is 1. The van der Waals surface area contributed by atoms with Crippen molar-refractivity contribution in [2.24, 2.45) is 0 Å². The largest absolute Gasteiger partial charge is 0.482 e. The van der Waals surface area contributed by atoms with Gasteiger partial charge in [0.05, 0.1) is 16.9 Å². The van der Waals surface area contributed by atoms with Gasteiger partial charge in [-0.25, -0.2) is 8.42 Å². The van der Waals surface area contributed by atoms with Gasteiger partial charge in [-0.2, -0.15) is 0 Å². The average Bonchev–Trinajstić information content (AvgIpc) is 2.64. The first-order valence-electron chi connectivity index (χ1n) is 7.85. The molecule has 1 aliphatic heterocycles. The number of carbonyl (C=O) groups is 1. The van der Waals surface area contributed by atoms with Crippen molar-refractivity contribution in [2.45, 2.75) is 4.90 Å². The molecule has 1 amide bonds. The fourth-order valence-electron chi connectivity index (χ4n) is 2.75. The predicted octanol–water partition coefficient (Wildman–Crippen LogP) is 2.39. The van der Waals surface area contributed by atoms with Crippen LogP contribution in [0.1, 0.15) is 0 Å². The molecule has 0 spiro atoms. The zero-order valence-corrected chi connectivity index (χ0v) is 14.7. The molecule has 1 aliphatic rings. The average molecular weight is 369 g/mol. The van der Waals surface area contributed by atoms with Crippen molar-refractivity contribution in [3.8, 4) is 5.75 Å². The third-order valence-corrected chi connectivity index (χ3v) is 5.52. The number of aromatic nitrogens is 1. The molecule has 0 unspecified atom stereocenters. The van der Waals surface area contributed by atoms with Gasteiger partial charge in [-0.3, -0.25) is 14.5 Å². The molecule has 0 bridgehead atoms. The zero-order valence-electron chi connectivity index (χ0n) is 13.8. The van der Waals surface area contributed by atoms with E-state index in [-0.39, 0.29) is 17.4 Å². The molecule has 0 saturated carbocycles. The zero-order chi connectivity index (χ0) is 18.3. The topological polar surface area (TPSA) is 88.6 Å². The molecule has 0 fully saturated rings. The Bertz CT molecular complexity index is 1130. The summed E-state index contributed by atoms with van der Waals surface area (Å²) in [4.78, 5) is 17.4. The molecular weight excluding hydrogens is 354 g/mol. The lowest BCUT2D eigenvalue weighted by Gasteiger charge is -2.26. The molecule has 8 heteroatoms. The van der Waals surface area contributed by atoms with Crippen LogP contribution in [0.25, 0.3) is 10.9 Å². The Hall–Kier alpha value is -3.13. The number of amides is 1. The van der Waals surface area contributed by atoms with E-state index in [1.165, 1.54) is 11.1 Å². The van der Waals surface area contributed by atoms with Crippen molar-refractivity contribution < 1.29 is 17.9 Å². The molecule has 1 N–H and O–H groups in total. The van der Waals surface area contributed by atoms with Gasteiger partial charge in [0.15, 0.2) is 6.61 Å². The molecule has 4 rings (SSSR count). The first-order chi connectivity index (χ1) is 12.4. The molecule has 3 aromatic rings. The van der Waals surface area contributed by atoms with Crippen LogP contribution in [0.2, 0.25) is 0 Å². The molecule has 7 nitrogen and oxygen atoms in total. The Balaban J connectivity index is 1.68. The maximum atomic E-state index is 12.7. The van der Waals surface area contributed by atoms with E-state index in [0.29, 0.717) is 17.1 Å². The number of para-hydroxylation sites is 1. The van der Waals surface area contributed by atoms with Crippen LogP contribution in [0.15, 0.2) is 59.6 Å². The van der Waals surface area contributed by atoms with E-state index < -0.39 is 10.0 Å². The summed E-state index contributed by atoms with van der Waals surface area (Å²) in [5.74, 6) is 0.332. The summed E-state index contributed by atoms with van der Waals surface area (Å²) in [5.41, 5.74) is 1.57.